The quantitative estimate of drug-likeness (QED) is 0.846. The number of carbonyl (C=O) groups is 3. The second-order valence-corrected chi connectivity index (χ2v) is 6.27. The molecule has 1 aliphatic heterocycles. The second kappa shape index (κ2) is 7.49. The van der Waals surface area contributed by atoms with Gasteiger partial charge in [-0.1, -0.05) is 19.1 Å². The lowest BCUT2D eigenvalue weighted by atomic mass is 10.1. The number of rotatable bonds is 5. The van der Waals surface area contributed by atoms with Gasteiger partial charge in [-0.25, -0.2) is 4.79 Å². The third-order valence-electron chi connectivity index (χ3n) is 4.36. The predicted molar refractivity (Wildman–Crippen MR) is 100 cm³/mol. The number of nitrogens with one attached hydrogen (secondary N) is 1. The van der Waals surface area contributed by atoms with Crippen LogP contribution in [0.2, 0.25) is 0 Å². The Labute approximate surface area is 156 Å². The van der Waals surface area contributed by atoms with Crippen molar-refractivity contribution in [1.29, 1.82) is 0 Å². The number of anilines is 2. The molecule has 7 nitrogen and oxygen atoms in total. The molecule has 140 valence electrons. The first-order valence-corrected chi connectivity index (χ1v) is 8.63. The molecule has 0 spiro atoms. The molecule has 1 heterocycles. The van der Waals surface area contributed by atoms with Crippen LogP contribution >= 0.6 is 0 Å². The van der Waals surface area contributed by atoms with Gasteiger partial charge in [0.05, 0.1) is 11.3 Å². The van der Waals surface area contributed by atoms with Crippen molar-refractivity contribution in [2.45, 2.75) is 26.4 Å². The highest BCUT2D eigenvalue weighted by molar-refractivity contribution is 6.06. The van der Waals surface area contributed by atoms with Crippen molar-refractivity contribution in [2.24, 2.45) is 0 Å². The molecular formula is C20H20N2O5. The van der Waals surface area contributed by atoms with E-state index in [1.807, 2.05) is 31.2 Å². The number of carbonyl (C=O) groups excluding carboxylic acids is 2. The fourth-order valence-corrected chi connectivity index (χ4v) is 2.87. The third kappa shape index (κ3) is 3.92. The van der Waals surface area contributed by atoms with Crippen LogP contribution in [-0.4, -0.2) is 35.5 Å². The first-order chi connectivity index (χ1) is 12.9. The van der Waals surface area contributed by atoms with Crippen molar-refractivity contribution in [2.75, 3.05) is 16.8 Å². The first kappa shape index (κ1) is 18.4. The topological polar surface area (TPSA) is 95.9 Å². The van der Waals surface area contributed by atoms with E-state index in [4.69, 9.17) is 9.84 Å². The van der Waals surface area contributed by atoms with E-state index in [1.54, 1.807) is 6.92 Å². The number of hydrogen-bond acceptors (Lipinski definition) is 4. The van der Waals surface area contributed by atoms with Crippen LogP contribution in [-0.2, 0) is 16.0 Å². The number of benzene rings is 2. The van der Waals surface area contributed by atoms with Crippen LogP contribution < -0.4 is 15.0 Å². The number of ether oxygens (including phenoxy) is 1. The Kier molecular flexibility index (Phi) is 5.12. The lowest BCUT2D eigenvalue weighted by molar-refractivity contribution is -0.127. The number of amides is 2. The summed E-state index contributed by atoms with van der Waals surface area (Å²) in [5, 5.41) is 11.9. The number of hydrogen-bond donors (Lipinski definition) is 2. The van der Waals surface area contributed by atoms with E-state index in [-0.39, 0.29) is 29.7 Å². The van der Waals surface area contributed by atoms with E-state index < -0.39 is 12.1 Å². The molecule has 0 fully saturated rings. The van der Waals surface area contributed by atoms with Crippen LogP contribution in [0.25, 0.3) is 0 Å². The van der Waals surface area contributed by atoms with E-state index in [1.165, 1.54) is 23.1 Å². The Hall–Kier alpha value is -3.35. The average Bonchev–Trinajstić information content (AvgIpc) is 2.65. The molecule has 2 N–H and O–H groups in total. The highest BCUT2D eigenvalue weighted by Gasteiger charge is 2.33. The average molecular weight is 368 g/mol. The van der Waals surface area contributed by atoms with E-state index in [2.05, 4.69) is 5.32 Å². The van der Waals surface area contributed by atoms with E-state index >= 15 is 0 Å². The Bertz CT molecular complexity index is 892. The molecule has 2 aromatic rings. The smallest absolute Gasteiger partial charge is 0.335 e. The van der Waals surface area contributed by atoms with Gasteiger partial charge in [0.1, 0.15) is 12.3 Å². The summed E-state index contributed by atoms with van der Waals surface area (Å²) < 4.78 is 5.50. The normalized spacial score (nSPS) is 15.7. The van der Waals surface area contributed by atoms with Gasteiger partial charge >= 0.3 is 5.97 Å². The lowest BCUT2D eigenvalue weighted by Gasteiger charge is -2.32. The van der Waals surface area contributed by atoms with Crippen molar-refractivity contribution in [1.82, 2.24) is 0 Å². The minimum Gasteiger partial charge on any atom is -0.479 e. The van der Waals surface area contributed by atoms with Gasteiger partial charge in [-0.05, 0) is 49.2 Å². The van der Waals surface area contributed by atoms with Gasteiger partial charge in [0.15, 0.2) is 6.10 Å². The lowest BCUT2D eigenvalue weighted by Crippen LogP contribution is -2.47. The van der Waals surface area contributed by atoms with Crippen molar-refractivity contribution >= 4 is 29.2 Å². The summed E-state index contributed by atoms with van der Waals surface area (Å²) in [5.74, 6) is -1.54. The number of carboxylic acids is 1. The second-order valence-electron chi connectivity index (χ2n) is 6.27. The monoisotopic (exact) mass is 368 g/mol. The third-order valence-corrected chi connectivity index (χ3v) is 4.36. The highest BCUT2D eigenvalue weighted by atomic mass is 16.5. The zero-order valence-corrected chi connectivity index (χ0v) is 15.1. The van der Waals surface area contributed by atoms with Crippen molar-refractivity contribution in [3.63, 3.8) is 0 Å². The molecule has 2 aromatic carbocycles. The molecule has 0 saturated carbocycles. The maximum atomic E-state index is 12.5. The summed E-state index contributed by atoms with van der Waals surface area (Å²) in [5.41, 5.74) is 2.23. The number of aryl methyl sites for hydroxylation is 1. The van der Waals surface area contributed by atoms with Crippen LogP contribution in [0.3, 0.4) is 0 Å². The van der Waals surface area contributed by atoms with Crippen molar-refractivity contribution < 1.29 is 24.2 Å². The molecule has 3 rings (SSSR count). The van der Waals surface area contributed by atoms with Gasteiger partial charge < -0.3 is 15.2 Å². The standard InChI is InChI=1S/C20H20N2O5/c1-3-13-4-7-15(8-5-13)21-18(23)11-22-16-9-6-14(20(25)26)10-17(16)27-12(2)19(22)24/h4-10,12H,3,11H2,1-2H3,(H,21,23)(H,25,26). The molecule has 7 heteroatoms. The molecular weight excluding hydrogens is 348 g/mol. The van der Waals surface area contributed by atoms with Crippen LogP contribution in [0, 0.1) is 0 Å². The molecule has 1 atom stereocenters. The minimum atomic E-state index is -1.09. The summed E-state index contributed by atoms with van der Waals surface area (Å²) in [6.07, 6.45) is 0.0990. The Morgan fingerprint density at radius 3 is 2.52 bits per heavy atom. The molecule has 0 radical (unpaired) electrons. The largest absolute Gasteiger partial charge is 0.479 e. The SMILES string of the molecule is CCc1ccc(NC(=O)CN2C(=O)C(C)Oc3cc(C(=O)O)ccc32)cc1. The number of nitrogens with zero attached hydrogens (tertiary/aromatic N) is 1. The molecule has 2 amide bonds. The summed E-state index contributed by atoms with van der Waals surface area (Å²) in [7, 11) is 0. The Balaban J connectivity index is 1.79. The first-order valence-electron chi connectivity index (χ1n) is 8.63. The minimum absolute atomic E-state index is 0.0516. The Morgan fingerprint density at radius 2 is 1.89 bits per heavy atom. The van der Waals surface area contributed by atoms with Gasteiger partial charge in [-0.2, -0.15) is 0 Å². The fraction of sp³-hybridized carbons (Fsp3) is 0.250. The van der Waals surface area contributed by atoms with Gasteiger partial charge in [-0.15, -0.1) is 0 Å². The zero-order valence-electron chi connectivity index (χ0n) is 15.1. The summed E-state index contributed by atoms with van der Waals surface area (Å²) in [6.45, 7) is 3.42. The van der Waals surface area contributed by atoms with E-state index in [0.717, 1.165) is 12.0 Å². The van der Waals surface area contributed by atoms with Crippen LogP contribution in [0.15, 0.2) is 42.5 Å². The fourth-order valence-electron chi connectivity index (χ4n) is 2.87. The van der Waals surface area contributed by atoms with Gasteiger partial charge in [0.2, 0.25) is 5.91 Å². The highest BCUT2D eigenvalue weighted by Crippen LogP contribution is 2.34. The molecule has 1 unspecified atom stereocenters. The summed E-state index contributed by atoms with van der Waals surface area (Å²) in [6, 6.07) is 11.7. The molecule has 0 saturated heterocycles. The number of fused-ring (bicyclic) bond motifs is 1. The van der Waals surface area contributed by atoms with Crippen LogP contribution in [0.4, 0.5) is 11.4 Å². The summed E-state index contributed by atoms with van der Waals surface area (Å²) >= 11 is 0. The number of aromatic carboxylic acids is 1. The maximum Gasteiger partial charge on any atom is 0.335 e. The van der Waals surface area contributed by atoms with Gasteiger partial charge in [-0.3, -0.25) is 14.5 Å². The molecule has 27 heavy (non-hydrogen) atoms. The maximum absolute atomic E-state index is 12.5. The van der Waals surface area contributed by atoms with Crippen molar-refractivity contribution in [3.8, 4) is 5.75 Å². The van der Waals surface area contributed by atoms with Crippen LogP contribution in [0.1, 0.15) is 29.8 Å². The molecule has 0 bridgehead atoms. The van der Waals surface area contributed by atoms with E-state index in [9.17, 15) is 14.4 Å². The number of carboxylic acid groups (broad SMARTS) is 1. The summed E-state index contributed by atoms with van der Waals surface area (Å²) in [4.78, 5) is 37.4. The predicted octanol–water partition coefficient (Wildman–Crippen LogP) is 2.70. The molecule has 1 aliphatic rings. The van der Waals surface area contributed by atoms with Crippen molar-refractivity contribution in [3.05, 3.63) is 53.6 Å². The van der Waals surface area contributed by atoms with Crippen LogP contribution in [0.5, 0.6) is 5.75 Å². The molecule has 0 aromatic heterocycles. The van der Waals surface area contributed by atoms with Gasteiger partial charge in [0.25, 0.3) is 5.91 Å². The molecule has 0 aliphatic carbocycles. The Morgan fingerprint density at radius 1 is 1.19 bits per heavy atom. The zero-order chi connectivity index (χ0) is 19.6. The van der Waals surface area contributed by atoms with Gasteiger partial charge in [0, 0.05) is 5.69 Å². The van der Waals surface area contributed by atoms with E-state index in [0.29, 0.717) is 11.4 Å².